The van der Waals surface area contributed by atoms with Crippen molar-refractivity contribution >= 4 is 28.7 Å². The molecule has 1 N–H and O–H groups in total. The molecule has 1 aromatic heterocycles. The lowest BCUT2D eigenvalue weighted by Crippen LogP contribution is -2.04. The molecule has 0 amide bonds. The first-order valence-corrected chi connectivity index (χ1v) is 8.14. The Kier molecular flexibility index (Phi) is 5.39. The van der Waals surface area contributed by atoms with Crippen LogP contribution in [0.5, 0.6) is 5.75 Å². The highest BCUT2D eigenvalue weighted by Crippen LogP contribution is 2.19. The van der Waals surface area contributed by atoms with E-state index in [-0.39, 0.29) is 18.8 Å². The van der Waals surface area contributed by atoms with Gasteiger partial charge in [-0.2, -0.15) is 0 Å². The lowest BCUT2D eigenvalue weighted by Gasteiger charge is -2.05. The average molecular weight is 347 g/mol. The molecule has 0 atom stereocenters. The zero-order valence-electron chi connectivity index (χ0n) is 14.0. The third-order valence-electron chi connectivity index (χ3n) is 3.78. The maximum Gasteiger partial charge on any atom is 0.306 e. The zero-order chi connectivity index (χ0) is 18.4. The number of pyridine rings is 1. The summed E-state index contributed by atoms with van der Waals surface area (Å²) in [6, 6.07) is 16.3. The molecule has 5 heteroatoms. The minimum absolute atomic E-state index is 0.0618. The van der Waals surface area contributed by atoms with Crippen molar-refractivity contribution in [3.63, 3.8) is 0 Å². The van der Waals surface area contributed by atoms with E-state index >= 15 is 0 Å². The number of carboxylic acid groups (broad SMARTS) is 1. The Balaban J connectivity index is 1.75. The predicted octanol–water partition coefficient (Wildman–Crippen LogP) is 3.98. The van der Waals surface area contributed by atoms with Gasteiger partial charge in [-0.15, -0.1) is 0 Å². The van der Waals surface area contributed by atoms with Crippen molar-refractivity contribution in [1.82, 2.24) is 4.98 Å². The van der Waals surface area contributed by atoms with Crippen molar-refractivity contribution in [3.05, 3.63) is 78.0 Å². The van der Waals surface area contributed by atoms with Crippen LogP contribution in [0.4, 0.5) is 0 Å². The maximum absolute atomic E-state index is 12.6. The van der Waals surface area contributed by atoms with Gasteiger partial charge in [0.05, 0.1) is 18.5 Å². The summed E-state index contributed by atoms with van der Waals surface area (Å²) in [5.41, 5.74) is 2.17. The number of rotatable bonds is 7. The Bertz CT molecular complexity index is 973. The molecule has 0 aliphatic rings. The van der Waals surface area contributed by atoms with Gasteiger partial charge in [0, 0.05) is 17.1 Å². The molecular formula is C21H17NO4. The van der Waals surface area contributed by atoms with Gasteiger partial charge in [0.2, 0.25) is 0 Å². The van der Waals surface area contributed by atoms with Gasteiger partial charge in [0.25, 0.3) is 0 Å². The number of hydrogen-bond acceptors (Lipinski definition) is 4. The van der Waals surface area contributed by atoms with Crippen LogP contribution >= 0.6 is 0 Å². The van der Waals surface area contributed by atoms with Gasteiger partial charge in [-0.3, -0.25) is 14.6 Å². The molecule has 3 rings (SSSR count). The van der Waals surface area contributed by atoms with Gasteiger partial charge < -0.3 is 9.84 Å². The van der Waals surface area contributed by atoms with Crippen LogP contribution in [0.3, 0.4) is 0 Å². The van der Waals surface area contributed by atoms with Crippen LogP contribution in [0.2, 0.25) is 0 Å². The first-order chi connectivity index (χ1) is 12.6. The normalized spacial score (nSPS) is 10.9. The molecule has 0 saturated carbocycles. The SMILES string of the molecule is O=C(O)CCOc1cccc(/C=C/C(=O)c2cccc3ncccc23)c1. The van der Waals surface area contributed by atoms with Crippen LogP contribution in [0.15, 0.2) is 66.9 Å². The summed E-state index contributed by atoms with van der Waals surface area (Å²) in [6.07, 6.45) is 4.86. The minimum Gasteiger partial charge on any atom is -0.493 e. The largest absolute Gasteiger partial charge is 0.493 e. The molecule has 0 radical (unpaired) electrons. The predicted molar refractivity (Wildman–Crippen MR) is 99.3 cm³/mol. The smallest absolute Gasteiger partial charge is 0.306 e. The quantitative estimate of drug-likeness (QED) is 0.517. The van der Waals surface area contributed by atoms with Gasteiger partial charge >= 0.3 is 5.97 Å². The summed E-state index contributed by atoms with van der Waals surface area (Å²) in [5.74, 6) is -0.452. The Morgan fingerprint density at radius 2 is 1.92 bits per heavy atom. The molecule has 5 nitrogen and oxygen atoms in total. The van der Waals surface area contributed by atoms with E-state index in [1.54, 1.807) is 42.6 Å². The van der Waals surface area contributed by atoms with E-state index in [2.05, 4.69) is 4.98 Å². The fraction of sp³-hybridized carbons (Fsp3) is 0.0952. The summed E-state index contributed by atoms with van der Waals surface area (Å²) >= 11 is 0. The molecule has 0 bridgehead atoms. The third kappa shape index (κ3) is 4.33. The number of fused-ring (bicyclic) bond motifs is 1. The maximum atomic E-state index is 12.6. The van der Waals surface area contributed by atoms with Crippen molar-refractivity contribution in [1.29, 1.82) is 0 Å². The van der Waals surface area contributed by atoms with Crippen LogP contribution in [-0.2, 0) is 4.79 Å². The number of carbonyl (C=O) groups excluding carboxylic acids is 1. The number of ketones is 1. The number of nitrogens with zero attached hydrogens (tertiary/aromatic N) is 1. The van der Waals surface area contributed by atoms with Crippen molar-refractivity contribution < 1.29 is 19.4 Å². The molecular weight excluding hydrogens is 330 g/mol. The lowest BCUT2D eigenvalue weighted by atomic mass is 10.0. The van der Waals surface area contributed by atoms with Crippen LogP contribution in [-0.4, -0.2) is 28.4 Å². The summed E-state index contributed by atoms with van der Waals surface area (Å²) in [6.45, 7) is 0.102. The van der Waals surface area contributed by atoms with E-state index < -0.39 is 5.97 Å². The number of aromatic nitrogens is 1. The molecule has 2 aromatic carbocycles. The van der Waals surface area contributed by atoms with Crippen LogP contribution < -0.4 is 4.74 Å². The summed E-state index contributed by atoms with van der Waals surface area (Å²) < 4.78 is 5.40. The van der Waals surface area contributed by atoms with Crippen LogP contribution in [0.1, 0.15) is 22.3 Å². The van der Waals surface area contributed by atoms with E-state index in [0.29, 0.717) is 11.3 Å². The third-order valence-corrected chi connectivity index (χ3v) is 3.78. The van der Waals surface area contributed by atoms with E-state index in [1.165, 1.54) is 6.08 Å². The number of aliphatic carboxylic acids is 1. The Labute approximate surface area is 150 Å². The van der Waals surface area contributed by atoms with E-state index in [0.717, 1.165) is 16.5 Å². The first-order valence-electron chi connectivity index (χ1n) is 8.14. The molecule has 0 aliphatic carbocycles. The van der Waals surface area contributed by atoms with Gasteiger partial charge in [-0.25, -0.2) is 0 Å². The molecule has 1 heterocycles. The minimum atomic E-state index is -0.906. The monoisotopic (exact) mass is 347 g/mol. The Hall–Kier alpha value is -3.47. The van der Waals surface area contributed by atoms with Crippen molar-refractivity contribution in [2.24, 2.45) is 0 Å². The molecule has 0 saturated heterocycles. The fourth-order valence-electron chi connectivity index (χ4n) is 2.54. The van der Waals surface area contributed by atoms with E-state index in [9.17, 15) is 9.59 Å². The van der Waals surface area contributed by atoms with Crippen molar-refractivity contribution in [3.8, 4) is 5.75 Å². The molecule has 130 valence electrons. The molecule has 3 aromatic rings. The molecule has 26 heavy (non-hydrogen) atoms. The summed E-state index contributed by atoms with van der Waals surface area (Å²) in [5, 5.41) is 9.46. The Morgan fingerprint density at radius 3 is 2.77 bits per heavy atom. The molecule has 0 unspecified atom stereocenters. The second-order valence-electron chi connectivity index (χ2n) is 5.64. The highest BCUT2D eigenvalue weighted by atomic mass is 16.5. The topological polar surface area (TPSA) is 76.5 Å². The number of carboxylic acids is 1. The number of ether oxygens (including phenoxy) is 1. The van der Waals surface area contributed by atoms with Crippen LogP contribution in [0, 0.1) is 0 Å². The first kappa shape index (κ1) is 17.4. The highest BCUT2D eigenvalue weighted by molar-refractivity contribution is 6.14. The standard InChI is InChI=1S/C21H17NO4/c23-20(18-6-2-8-19-17(18)7-3-12-22-19)10-9-15-4-1-5-16(14-15)26-13-11-21(24)25/h1-10,12,14H,11,13H2,(H,24,25)/b10-9+. The number of hydrogen-bond donors (Lipinski definition) is 1. The molecule has 0 aliphatic heterocycles. The number of benzene rings is 2. The molecule has 0 spiro atoms. The summed E-state index contributed by atoms with van der Waals surface area (Å²) in [7, 11) is 0. The van der Waals surface area contributed by atoms with E-state index in [1.807, 2.05) is 24.3 Å². The van der Waals surface area contributed by atoms with Crippen molar-refractivity contribution in [2.75, 3.05) is 6.61 Å². The fourth-order valence-corrected chi connectivity index (χ4v) is 2.54. The van der Waals surface area contributed by atoms with Gasteiger partial charge in [0.1, 0.15) is 5.75 Å². The number of allylic oxidation sites excluding steroid dienone is 1. The number of carbonyl (C=O) groups is 2. The average Bonchev–Trinajstić information content (AvgIpc) is 2.66. The van der Waals surface area contributed by atoms with Gasteiger partial charge in [-0.05, 0) is 35.9 Å². The van der Waals surface area contributed by atoms with Crippen LogP contribution in [0.25, 0.3) is 17.0 Å². The second kappa shape index (κ2) is 8.07. The highest BCUT2D eigenvalue weighted by Gasteiger charge is 2.07. The Morgan fingerprint density at radius 1 is 1.08 bits per heavy atom. The van der Waals surface area contributed by atoms with Crippen molar-refractivity contribution in [2.45, 2.75) is 6.42 Å². The zero-order valence-corrected chi connectivity index (χ0v) is 14.0. The molecule has 0 fully saturated rings. The van der Waals surface area contributed by atoms with Gasteiger partial charge in [0.15, 0.2) is 5.78 Å². The summed E-state index contributed by atoms with van der Waals surface area (Å²) in [4.78, 5) is 27.3. The van der Waals surface area contributed by atoms with Gasteiger partial charge in [-0.1, -0.05) is 36.4 Å². The lowest BCUT2D eigenvalue weighted by molar-refractivity contribution is -0.137. The second-order valence-corrected chi connectivity index (χ2v) is 5.64. The van der Waals surface area contributed by atoms with E-state index in [4.69, 9.17) is 9.84 Å².